The standard InChI is InChI=1S/C29H33N5O2/c30-17-19-6-8-20(9-7-19)29(36)32-25(14-18-4-2-1-3-5-18)24-15-21(11-13-27(24)35)22-10-12-23-26(16-22)33-34-28(23)31/h1-5,10-13,15-16,19-20,25,35H,6-9,14,17,30H2,(H,32,36)(H3,31,33,34)/t19-,20-,25?. The normalized spacial score (nSPS) is 18.7. The quantitative estimate of drug-likeness (QED) is 0.260. The van der Waals surface area contributed by atoms with Gasteiger partial charge in [-0.1, -0.05) is 42.5 Å². The van der Waals surface area contributed by atoms with Crippen molar-refractivity contribution in [1.82, 2.24) is 15.5 Å². The van der Waals surface area contributed by atoms with Crippen molar-refractivity contribution in [3.8, 4) is 16.9 Å². The van der Waals surface area contributed by atoms with Gasteiger partial charge in [0.25, 0.3) is 0 Å². The van der Waals surface area contributed by atoms with E-state index in [0.29, 0.717) is 30.3 Å². The number of fused-ring (bicyclic) bond motifs is 1. The Bertz CT molecular complexity index is 1340. The van der Waals surface area contributed by atoms with Crippen molar-refractivity contribution in [3.63, 3.8) is 0 Å². The molecule has 1 atom stereocenters. The van der Waals surface area contributed by atoms with Gasteiger partial charge in [0, 0.05) is 16.9 Å². The number of carbonyl (C=O) groups excluding carboxylic acids is 1. The van der Waals surface area contributed by atoms with E-state index in [1.807, 2.05) is 60.7 Å². The van der Waals surface area contributed by atoms with Crippen molar-refractivity contribution in [2.45, 2.75) is 38.1 Å². The molecule has 4 aromatic rings. The molecule has 7 N–H and O–H groups in total. The van der Waals surface area contributed by atoms with Gasteiger partial charge < -0.3 is 21.9 Å². The van der Waals surface area contributed by atoms with Crippen LogP contribution < -0.4 is 16.8 Å². The smallest absolute Gasteiger partial charge is 0.223 e. The first-order valence-electron chi connectivity index (χ1n) is 12.6. The number of anilines is 1. The molecule has 1 heterocycles. The largest absolute Gasteiger partial charge is 0.508 e. The van der Waals surface area contributed by atoms with Crippen LogP contribution in [-0.4, -0.2) is 27.8 Å². The molecule has 1 aliphatic carbocycles. The number of nitrogen functional groups attached to an aromatic ring is 1. The third kappa shape index (κ3) is 5.06. The summed E-state index contributed by atoms with van der Waals surface area (Å²) in [5, 5.41) is 22.1. The van der Waals surface area contributed by atoms with Gasteiger partial charge in [0.1, 0.15) is 5.75 Å². The van der Waals surface area contributed by atoms with Crippen molar-refractivity contribution < 1.29 is 9.90 Å². The van der Waals surface area contributed by atoms with Gasteiger partial charge in [-0.15, -0.1) is 0 Å². The number of hydrogen-bond acceptors (Lipinski definition) is 5. The second-order valence-corrected chi connectivity index (χ2v) is 9.85. The second-order valence-electron chi connectivity index (χ2n) is 9.85. The number of nitrogens with zero attached hydrogens (tertiary/aromatic N) is 1. The second kappa shape index (κ2) is 10.4. The Morgan fingerprint density at radius 2 is 1.75 bits per heavy atom. The molecule has 1 aromatic heterocycles. The van der Waals surface area contributed by atoms with Crippen LogP contribution in [0.15, 0.2) is 66.7 Å². The molecular formula is C29H33N5O2. The summed E-state index contributed by atoms with van der Waals surface area (Å²) in [4.78, 5) is 13.3. The van der Waals surface area contributed by atoms with Gasteiger partial charge >= 0.3 is 0 Å². The summed E-state index contributed by atoms with van der Waals surface area (Å²) in [5.41, 5.74) is 16.3. The number of phenols is 1. The predicted octanol–water partition coefficient (Wildman–Crippen LogP) is 4.68. The van der Waals surface area contributed by atoms with Crippen molar-refractivity contribution in [3.05, 3.63) is 77.9 Å². The lowest BCUT2D eigenvalue weighted by Crippen LogP contribution is -2.37. The summed E-state index contributed by atoms with van der Waals surface area (Å²) in [6, 6.07) is 21.2. The topological polar surface area (TPSA) is 130 Å². The summed E-state index contributed by atoms with van der Waals surface area (Å²) in [7, 11) is 0. The molecule has 0 radical (unpaired) electrons. The first-order valence-corrected chi connectivity index (χ1v) is 12.6. The Kier molecular flexibility index (Phi) is 6.91. The number of nitrogens with one attached hydrogen (secondary N) is 2. The van der Waals surface area contributed by atoms with Crippen molar-refractivity contribution in [2.24, 2.45) is 17.6 Å². The van der Waals surface area contributed by atoms with E-state index >= 15 is 0 Å². The maximum Gasteiger partial charge on any atom is 0.223 e. The molecule has 1 amide bonds. The Labute approximate surface area is 210 Å². The Balaban J connectivity index is 1.45. The lowest BCUT2D eigenvalue weighted by Gasteiger charge is -2.29. The molecule has 1 unspecified atom stereocenters. The van der Waals surface area contributed by atoms with E-state index in [9.17, 15) is 9.90 Å². The minimum atomic E-state index is -0.362. The summed E-state index contributed by atoms with van der Waals surface area (Å²) in [5.74, 6) is 1.17. The molecule has 1 fully saturated rings. The first kappa shape index (κ1) is 23.9. The number of aromatic hydroxyl groups is 1. The van der Waals surface area contributed by atoms with Crippen LogP contribution in [0, 0.1) is 11.8 Å². The maximum atomic E-state index is 13.3. The number of H-pyrrole nitrogens is 1. The van der Waals surface area contributed by atoms with Crippen LogP contribution in [0.25, 0.3) is 22.0 Å². The highest BCUT2D eigenvalue weighted by Gasteiger charge is 2.28. The van der Waals surface area contributed by atoms with Crippen molar-refractivity contribution in [1.29, 1.82) is 0 Å². The monoisotopic (exact) mass is 483 g/mol. The highest BCUT2D eigenvalue weighted by molar-refractivity contribution is 5.91. The summed E-state index contributed by atoms with van der Waals surface area (Å²) >= 11 is 0. The molecule has 5 rings (SSSR count). The molecule has 7 nitrogen and oxygen atoms in total. The third-order valence-electron chi connectivity index (χ3n) is 7.48. The van der Waals surface area contributed by atoms with Gasteiger partial charge in [-0.2, -0.15) is 5.10 Å². The van der Waals surface area contributed by atoms with Crippen molar-refractivity contribution in [2.75, 3.05) is 12.3 Å². The third-order valence-corrected chi connectivity index (χ3v) is 7.48. The van der Waals surface area contributed by atoms with Gasteiger partial charge in [-0.25, -0.2) is 0 Å². The summed E-state index contributed by atoms with van der Waals surface area (Å²) in [6.07, 6.45) is 4.26. The molecular weight excluding hydrogens is 450 g/mol. The molecule has 1 saturated carbocycles. The van der Waals surface area contributed by atoms with E-state index in [-0.39, 0.29) is 23.6 Å². The molecule has 0 saturated heterocycles. The van der Waals surface area contributed by atoms with Crippen LogP contribution in [0.4, 0.5) is 5.82 Å². The first-order chi connectivity index (χ1) is 17.5. The number of aromatic amines is 1. The summed E-state index contributed by atoms with van der Waals surface area (Å²) in [6.45, 7) is 0.683. The fraction of sp³-hybridized carbons (Fsp3) is 0.310. The Hall–Kier alpha value is -3.84. The van der Waals surface area contributed by atoms with E-state index in [1.54, 1.807) is 6.07 Å². The molecule has 186 valence electrons. The minimum Gasteiger partial charge on any atom is -0.508 e. The minimum absolute atomic E-state index is 0.0235. The van der Waals surface area contributed by atoms with Gasteiger partial charge in [0.15, 0.2) is 5.82 Å². The fourth-order valence-electron chi connectivity index (χ4n) is 5.27. The van der Waals surface area contributed by atoms with E-state index in [0.717, 1.165) is 53.3 Å². The summed E-state index contributed by atoms with van der Waals surface area (Å²) < 4.78 is 0. The number of hydrogen-bond donors (Lipinski definition) is 5. The van der Waals surface area contributed by atoms with Crippen LogP contribution in [0.3, 0.4) is 0 Å². The number of carbonyl (C=O) groups is 1. The average molecular weight is 484 g/mol. The van der Waals surface area contributed by atoms with E-state index in [1.165, 1.54) is 0 Å². The molecule has 7 heteroatoms. The number of aromatic nitrogens is 2. The van der Waals surface area contributed by atoms with Gasteiger partial charge in [-0.05, 0) is 85.5 Å². The molecule has 0 aliphatic heterocycles. The number of phenolic OH excluding ortho intramolecular Hbond substituents is 1. The number of nitrogens with two attached hydrogens (primary N) is 2. The number of rotatable bonds is 7. The van der Waals surface area contributed by atoms with E-state index in [4.69, 9.17) is 11.5 Å². The highest BCUT2D eigenvalue weighted by atomic mass is 16.3. The number of amides is 1. The lowest BCUT2D eigenvalue weighted by molar-refractivity contribution is -0.127. The van der Waals surface area contributed by atoms with Crippen LogP contribution >= 0.6 is 0 Å². The highest BCUT2D eigenvalue weighted by Crippen LogP contribution is 2.35. The molecule has 0 bridgehead atoms. The zero-order valence-electron chi connectivity index (χ0n) is 20.3. The Morgan fingerprint density at radius 3 is 2.50 bits per heavy atom. The molecule has 3 aromatic carbocycles. The average Bonchev–Trinajstić information content (AvgIpc) is 3.29. The maximum absolute atomic E-state index is 13.3. The van der Waals surface area contributed by atoms with Gasteiger partial charge in [0.2, 0.25) is 5.91 Å². The van der Waals surface area contributed by atoms with Crippen LogP contribution in [0.2, 0.25) is 0 Å². The predicted molar refractivity (Wildman–Crippen MR) is 143 cm³/mol. The zero-order valence-corrected chi connectivity index (χ0v) is 20.3. The SMILES string of the molecule is NC[C@H]1CC[C@H](C(=O)NC(Cc2ccccc2)c2cc(-c3ccc4c(N)n[nH]c4c3)ccc2O)CC1. The van der Waals surface area contributed by atoms with Crippen LogP contribution in [-0.2, 0) is 11.2 Å². The molecule has 36 heavy (non-hydrogen) atoms. The fourth-order valence-corrected chi connectivity index (χ4v) is 5.27. The molecule has 0 spiro atoms. The van der Waals surface area contributed by atoms with Gasteiger partial charge in [-0.3, -0.25) is 9.89 Å². The Morgan fingerprint density at radius 1 is 1.03 bits per heavy atom. The lowest BCUT2D eigenvalue weighted by atomic mass is 9.81. The van der Waals surface area contributed by atoms with E-state index in [2.05, 4.69) is 15.5 Å². The van der Waals surface area contributed by atoms with E-state index < -0.39 is 0 Å². The van der Waals surface area contributed by atoms with Gasteiger partial charge in [0.05, 0.1) is 11.6 Å². The zero-order chi connectivity index (χ0) is 25.1. The van der Waals surface area contributed by atoms with Crippen LogP contribution in [0.5, 0.6) is 5.75 Å². The molecule has 1 aliphatic rings. The number of benzene rings is 3. The van der Waals surface area contributed by atoms with Crippen molar-refractivity contribution >= 4 is 22.6 Å². The van der Waals surface area contributed by atoms with Crippen LogP contribution in [0.1, 0.15) is 42.9 Å².